The first-order valence-corrected chi connectivity index (χ1v) is 6.42. The normalized spacial score (nSPS) is 16.0. The average Bonchev–Trinajstić information content (AvgIpc) is 2.86. The van der Waals surface area contributed by atoms with Crippen LogP contribution < -0.4 is 14.8 Å². The van der Waals surface area contributed by atoms with Crippen LogP contribution in [-0.2, 0) is 20.7 Å². The summed E-state index contributed by atoms with van der Waals surface area (Å²) in [7, 11) is 1.61. The molecule has 1 aliphatic heterocycles. The molecule has 6 heteroatoms. The van der Waals surface area contributed by atoms with Gasteiger partial charge in [-0.1, -0.05) is 0 Å². The lowest BCUT2D eigenvalue weighted by Crippen LogP contribution is -2.39. The smallest absolute Gasteiger partial charge is 0.396 e. The Hall–Kier alpha value is -2.24. The molecule has 1 N–H and O–H groups in total. The molecule has 6 nitrogen and oxygen atoms in total. The number of hydrogen-bond donors (Lipinski definition) is 1. The molecule has 0 saturated heterocycles. The molecule has 0 bridgehead atoms. The third-order valence-corrected chi connectivity index (χ3v) is 2.96. The number of methoxy groups -OCH3 is 1. The van der Waals surface area contributed by atoms with Gasteiger partial charge in [-0.3, -0.25) is 4.79 Å². The fraction of sp³-hybridized carbons (Fsp3) is 0.429. The van der Waals surface area contributed by atoms with Gasteiger partial charge in [0, 0.05) is 12.0 Å². The number of ether oxygens (including phenoxy) is 3. The second-order valence-corrected chi connectivity index (χ2v) is 4.35. The molecular weight excluding hydrogens is 262 g/mol. The van der Waals surface area contributed by atoms with E-state index in [9.17, 15) is 9.59 Å². The van der Waals surface area contributed by atoms with Gasteiger partial charge >= 0.3 is 11.9 Å². The van der Waals surface area contributed by atoms with Crippen LogP contribution in [0.25, 0.3) is 0 Å². The number of nitrogens with one attached hydrogen (secondary N) is 1. The van der Waals surface area contributed by atoms with Gasteiger partial charge in [0.2, 0.25) is 0 Å². The molecule has 1 aliphatic rings. The Morgan fingerprint density at radius 1 is 1.45 bits per heavy atom. The summed E-state index contributed by atoms with van der Waals surface area (Å²) >= 11 is 0. The Balaban J connectivity index is 1.86. The lowest BCUT2D eigenvalue weighted by molar-refractivity contribution is -0.154. The number of benzene rings is 1. The number of carbonyl (C=O) groups is 2. The van der Waals surface area contributed by atoms with Crippen LogP contribution in [0.2, 0.25) is 0 Å². The highest BCUT2D eigenvalue weighted by molar-refractivity contribution is 6.32. The molecule has 0 radical (unpaired) electrons. The molecule has 0 spiro atoms. The van der Waals surface area contributed by atoms with Crippen LogP contribution in [0.15, 0.2) is 18.2 Å². The summed E-state index contributed by atoms with van der Waals surface area (Å²) in [6.07, 6.45) is 0.478. The zero-order chi connectivity index (χ0) is 14.5. The summed E-state index contributed by atoms with van der Waals surface area (Å²) in [5.41, 5.74) is 1.03. The fourth-order valence-corrected chi connectivity index (χ4v) is 2.01. The van der Waals surface area contributed by atoms with Crippen molar-refractivity contribution >= 4 is 11.9 Å². The molecule has 1 aromatic rings. The maximum atomic E-state index is 11.4. The summed E-state index contributed by atoms with van der Waals surface area (Å²) in [6, 6.07) is 5.56. The van der Waals surface area contributed by atoms with Crippen molar-refractivity contribution in [3.05, 3.63) is 23.8 Å². The van der Waals surface area contributed by atoms with E-state index in [1.165, 1.54) is 0 Å². The average molecular weight is 279 g/mol. The van der Waals surface area contributed by atoms with Crippen LogP contribution in [0.3, 0.4) is 0 Å². The Morgan fingerprint density at radius 2 is 2.25 bits per heavy atom. The first kappa shape index (κ1) is 14.2. The van der Waals surface area contributed by atoms with E-state index >= 15 is 0 Å². The van der Waals surface area contributed by atoms with Gasteiger partial charge in [-0.05, 0) is 25.1 Å². The van der Waals surface area contributed by atoms with Crippen LogP contribution in [0, 0.1) is 0 Å². The SMILES string of the molecule is CCOC(=O)C(=O)NC[C@H]1Cc2cc(OC)ccc2O1. The van der Waals surface area contributed by atoms with Crippen LogP contribution in [0.1, 0.15) is 12.5 Å². The number of fused-ring (bicyclic) bond motifs is 1. The van der Waals surface area contributed by atoms with Crippen LogP contribution in [0.4, 0.5) is 0 Å². The van der Waals surface area contributed by atoms with E-state index in [4.69, 9.17) is 9.47 Å². The monoisotopic (exact) mass is 279 g/mol. The van der Waals surface area contributed by atoms with Crippen molar-refractivity contribution in [2.24, 2.45) is 0 Å². The highest BCUT2D eigenvalue weighted by Crippen LogP contribution is 2.31. The first-order chi connectivity index (χ1) is 9.63. The highest BCUT2D eigenvalue weighted by Gasteiger charge is 2.25. The zero-order valence-electron chi connectivity index (χ0n) is 11.5. The largest absolute Gasteiger partial charge is 0.497 e. The fourth-order valence-electron chi connectivity index (χ4n) is 2.01. The molecule has 0 aliphatic carbocycles. The van der Waals surface area contributed by atoms with Crippen molar-refractivity contribution in [1.82, 2.24) is 5.32 Å². The molecule has 1 aromatic carbocycles. The number of esters is 1. The van der Waals surface area contributed by atoms with Crippen LogP contribution in [0.5, 0.6) is 11.5 Å². The lowest BCUT2D eigenvalue weighted by atomic mass is 10.1. The van der Waals surface area contributed by atoms with Gasteiger partial charge in [-0.15, -0.1) is 0 Å². The third-order valence-electron chi connectivity index (χ3n) is 2.96. The van der Waals surface area contributed by atoms with Gasteiger partial charge in [0.1, 0.15) is 17.6 Å². The van der Waals surface area contributed by atoms with Crippen molar-refractivity contribution < 1.29 is 23.8 Å². The van der Waals surface area contributed by atoms with Crippen LogP contribution >= 0.6 is 0 Å². The number of hydrogen-bond acceptors (Lipinski definition) is 5. The van der Waals surface area contributed by atoms with E-state index in [1.54, 1.807) is 14.0 Å². The van der Waals surface area contributed by atoms with Crippen molar-refractivity contribution in [2.45, 2.75) is 19.4 Å². The number of amides is 1. The van der Waals surface area contributed by atoms with Crippen molar-refractivity contribution in [3.63, 3.8) is 0 Å². The zero-order valence-corrected chi connectivity index (χ0v) is 11.5. The molecule has 1 heterocycles. The highest BCUT2D eigenvalue weighted by atomic mass is 16.5. The van der Waals surface area contributed by atoms with Gasteiger partial charge in [-0.25, -0.2) is 4.79 Å². The third kappa shape index (κ3) is 3.20. The van der Waals surface area contributed by atoms with Crippen molar-refractivity contribution in [3.8, 4) is 11.5 Å². The second kappa shape index (κ2) is 6.27. The maximum Gasteiger partial charge on any atom is 0.396 e. The Labute approximate surface area is 117 Å². The van der Waals surface area contributed by atoms with Gasteiger partial charge in [0.05, 0.1) is 20.3 Å². The molecule has 2 rings (SSSR count). The Kier molecular flexibility index (Phi) is 4.45. The maximum absolute atomic E-state index is 11.4. The minimum atomic E-state index is -0.871. The predicted molar refractivity (Wildman–Crippen MR) is 70.8 cm³/mol. The standard InChI is InChI=1S/C14H17NO5/c1-3-19-14(17)13(16)15-8-11-7-9-6-10(18-2)4-5-12(9)20-11/h4-6,11H,3,7-8H2,1-2H3,(H,15,16)/t11-/m1/s1. The molecule has 1 atom stereocenters. The van der Waals surface area contributed by atoms with Gasteiger partial charge in [-0.2, -0.15) is 0 Å². The molecule has 20 heavy (non-hydrogen) atoms. The molecule has 108 valence electrons. The van der Waals surface area contributed by atoms with E-state index in [1.807, 2.05) is 18.2 Å². The first-order valence-electron chi connectivity index (χ1n) is 6.42. The minimum Gasteiger partial charge on any atom is -0.497 e. The number of rotatable bonds is 4. The molecule has 0 unspecified atom stereocenters. The molecule has 1 amide bonds. The topological polar surface area (TPSA) is 73.9 Å². The summed E-state index contributed by atoms with van der Waals surface area (Å²) in [6.45, 7) is 2.08. The molecule has 0 fully saturated rings. The molecular formula is C14H17NO5. The van der Waals surface area contributed by atoms with Gasteiger partial charge < -0.3 is 19.5 Å². The summed E-state index contributed by atoms with van der Waals surface area (Å²) in [5.74, 6) is -0.0709. The van der Waals surface area contributed by atoms with Crippen molar-refractivity contribution in [2.75, 3.05) is 20.3 Å². The van der Waals surface area contributed by atoms with E-state index in [0.29, 0.717) is 6.42 Å². The summed E-state index contributed by atoms with van der Waals surface area (Å²) < 4.78 is 15.4. The molecule has 0 aromatic heterocycles. The lowest BCUT2D eigenvalue weighted by Gasteiger charge is -2.11. The predicted octanol–water partition coefficient (Wildman–Crippen LogP) is 0.678. The van der Waals surface area contributed by atoms with Crippen LogP contribution in [-0.4, -0.2) is 38.2 Å². The van der Waals surface area contributed by atoms with E-state index in [2.05, 4.69) is 10.1 Å². The van der Waals surface area contributed by atoms with E-state index < -0.39 is 11.9 Å². The minimum absolute atomic E-state index is 0.178. The molecule has 0 saturated carbocycles. The second-order valence-electron chi connectivity index (χ2n) is 4.35. The number of carbonyl (C=O) groups excluding carboxylic acids is 2. The van der Waals surface area contributed by atoms with Gasteiger partial charge in [0.15, 0.2) is 0 Å². The summed E-state index contributed by atoms with van der Waals surface area (Å²) in [5, 5.41) is 2.50. The van der Waals surface area contributed by atoms with E-state index in [0.717, 1.165) is 17.1 Å². The van der Waals surface area contributed by atoms with Gasteiger partial charge in [0.25, 0.3) is 0 Å². The van der Waals surface area contributed by atoms with E-state index in [-0.39, 0.29) is 19.3 Å². The Morgan fingerprint density at radius 3 is 2.95 bits per heavy atom. The quantitative estimate of drug-likeness (QED) is 0.648. The Bertz CT molecular complexity index is 514. The summed E-state index contributed by atoms with van der Waals surface area (Å²) in [4.78, 5) is 22.6. The van der Waals surface area contributed by atoms with Crippen molar-refractivity contribution in [1.29, 1.82) is 0 Å².